The second kappa shape index (κ2) is 4.37. The molecular weight excluding hydrogens is 267 g/mol. The topological polar surface area (TPSA) is 106 Å². The van der Waals surface area contributed by atoms with Crippen molar-refractivity contribution < 1.29 is 20.7 Å². The number of fused-ring (bicyclic) bond motifs is 1. The quantitative estimate of drug-likeness (QED) is 0.716. The molecule has 7 nitrogen and oxygen atoms in total. The van der Waals surface area contributed by atoms with Crippen molar-refractivity contribution in [2.75, 3.05) is 12.3 Å². The van der Waals surface area contributed by atoms with E-state index in [9.17, 15) is 9.50 Å². The van der Waals surface area contributed by atoms with Crippen LogP contribution in [-0.2, 0) is 4.74 Å². The van der Waals surface area contributed by atoms with Crippen LogP contribution in [0.5, 0.6) is 0 Å². The van der Waals surface area contributed by atoms with Crippen molar-refractivity contribution in [3.63, 3.8) is 0 Å². The molecule has 0 bridgehead atoms. The van der Waals surface area contributed by atoms with Crippen LogP contribution in [0.3, 0.4) is 0 Å². The van der Waals surface area contributed by atoms with Crippen molar-refractivity contribution in [3.05, 3.63) is 18.6 Å². The highest BCUT2D eigenvalue weighted by Gasteiger charge is 2.54. The molecule has 1 fully saturated rings. The molecule has 1 aliphatic heterocycles. The summed E-state index contributed by atoms with van der Waals surface area (Å²) in [5.41, 5.74) is 3.80. The van der Waals surface area contributed by atoms with Crippen molar-refractivity contribution in [1.82, 2.24) is 14.5 Å². The Hall–Kier alpha value is -1.77. The standard InChI is InChI=1S/C12H15FN4O3/c1-12(13)8(19)7(4-18)20-11(12)17-3-2-6-9(14)15-5-16-10(6)17/h2-3,5,7-8,11,18-19H,4H2,1H3,(H2,14,15,16)/t7-,8-,11-,12-/m1/s1/i2T. The molecule has 0 aliphatic carbocycles. The molecule has 0 radical (unpaired) electrons. The van der Waals surface area contributed by atoms with Gasteiger partial charge in [0.1, 0.15) is 30.0 Å². The number of halogens is 1. The van der Waals surface area contributed by atoms with E-state index in [4.69, 9.17) is 16.9 Å². The minimum Gasteiger partial charge on any atom is -0.394 e. The minimum absolute atomic E-state index is 0.0319. The zero-order valence-electron chi connectivity index (χ0n) is 11.7. The Balaban J connectivity index is 2.15. The summed E-state index contributed by atoms with van der Waals surface area (Å²) in [7, 11) is 0. The lowest BCUT2D eigenvalue weighted by Crippen LogP contribution is -2.40. The first-order chi connectivity index (χ1) is 9.87. The van der Waals surface area contributed by atoms with Gasteiger partial charge in [-0.2, -0.15) is 0 Å². The maximum Gasteiger partial charge on any atom is 0.181 e. The normalized spacial score (nSPS) is 34.6. The molecule has 1 aliphatic rings. The third kappa shape index (κ3) is 1.69. The summed E-state index contributed by atoms with van der Waals surface area (Å²) in [6.45, 7) is 0.666. The second-order valence-electron chi connectivity index (χ2n) is 4.94. The molecule has 3 rings (SSSR count). The van der Waals surface area contributed by atoms with E-state index in [1.807, 2.05) is 0 Å². The molecule has 2 aromatic heterocycles. The maximum atomic E-state index is 14.8. The van der Waals surface area contributed by atoms with Gasteiger partial charge >= 0.3 is 0 Å². The fraction of sp³-hybridized carbons (Fsp3) is 0.500. The Morgan fingerprint density at radius 2 is 2.40 bits per heavy atom. The first-order valence-electron chi connectivity index (χ1n) is 6.58. The highest BCUT2D eigenvalue weighted by Crippen LogP contribution is 2.42. The lowest BCUT2D eigenvalue weighted by Gasteiger charge is -2.25. The van der Waals surface area contributed by atoms with Gasteiger partial charge in [0.15, 0.2) is 11.9 Å². The predicted octanol–water partition coefficient (Wildman–Crippen LogP) is -0.00770. The number of nitrogens with zero attached hydrogens (tertiary/aromatic N) is 3. The molecule has 0 spiro atoms. The third-order valence-electron chi connectivity index (χ3n) is 3.60. The first kappa shape index (κ1) is 12.0. The number of hydrogen-bond acceptors (Lipinski definition) is 6. The number of ether oxygens (including phenoxy) is 1. The van der Waals surface area contributed by atoms with Crippen LogP contribution in [0.1, 0.15) is 14.5 Å². The van der Waals surface area contributed by atoms with Crippen LogP contribution in [0.15, 0.2) is 18.6 Å². The highest BCUT2D eigenvalue weighted by atomic mass is 19.1. The molecule has 108 valence electrons. The third-order valence-corrected chi connectivity index (χ3v) is 3.60. The van der Waals surface area contributed by atoms with Gasteiger partial charge in [0.25, 0.3) is 0 Å². The van der Waals surface area contributed by atoms with Crippen LogP contribution in [-0.4, -0.2) is 49.2 Å². The van der Waals surface area contributed by atoms with E-state index in [1.165, 1.54) is 24.0 Å². The number of nitrogens with two attached hydrogens (primary N) is 1. The summed E-state index contributed by atoms with van der Waals surface area (Å²) in [5, 5.41) is 19.3. The van der Waals surface area contributed by atoms with Crippen molar-refractivity contribution in [2.45, 2.75) is 31.0 Å². The number of aromatic nitrogens is 3. The molecule has 8 heteroatoms. The Morgan fingerprint density at radius 3 is 3.05 bits per heavy atom. The zero-order chi connectivity index (χ0) is 15.4. The first-order valence-corrected chi connectivity index (χ1v) is 6.08. The number of anilines is 1. The van der Waals surface area contributed by atoms with Crippen molar-refractivity contribution >= 4 is 16.9 Å². The molecule has 0 amide bonds. The van der Waals surface area contributed by atoms with Gasteiger partial charge in [0.05, 0.1) is 13.4 Å². The second-order valence-corrected chi connectivity index (χ2v) is 4.94. The summed E-state index contributed by atoms with van der Waals surface area (Å²) in [4.78, 5) is 7.81. The molecule has 4 atom stereocenters. The van der Waals surface area contributed by atoms with Crippen LogP contribution in [0, 0.1) is 0 Å². The van der Waals surface area contributed by atoms with Gasteiger partial charge in [-0.05, 0) is 13.0 Å². The van der Waals surface area contributed by atoms with E-state index < -0.39 is 30.7 Å². The summed E-state index contributed by atoms with van der Waals surface area (Å²) >= 11 is 0. The van der Waals surface area contributed by atoms with Crippen molar-refractivity contribution in [2.24, 2.45) is 0 Å². The van der Waals surface area contributed by atoms with Crippen LogP contribution in [0.2, 0.25) is 0 Å². The van der Waals surface area contributed by atoms with E-state index in [0.717, 1.165) is 0 Å². The predicted molar refractivity (Wildman–Crippen MR) is 68.5 cm³/mol. The summed E-state index contributed by atoms with van der Waals surface area (Å²) in [6, 6.07) is 0.0319. The van der Waals surface area contributed by atoms with E-state index >= 15 is 0 Å². The fourth-order valence-corrected chi connectivity index (χ4v) is 2.46. The molecule has 3 heterocycles. The zero-order valence-corrected chi connectivity index (χ0v) is 10.7. The Morgan fingerprint density at radius 1 is 1.65 bits per heavy atom. The largest absolute Gasteiger partial charge is 0.394 e. The van der Waals surface area contributed by atoms with Crippen LogP contribution in [0.25, 0.3) is 11.0 Å². The molecule has 20 heavy (non-hydrogen) atoms. The Labute approximate surface area is 115 Å². The molecular formula is C12H15FN4O3. The lowest BCUT2D eigenvalue weighted by molar-refractivity contribution is -0.0564. The molecule has 0 saturated carbocycles. The maximum absolute atomic E-state index is 14.8. The Bertz CT molecular complexity index is 692. The van der Waals surface area contributed by atoms with Crippen LogP contribution in [0.4, 0.5) is 10.2 Å². The molecule has 1 saturated heterocycles. The highest BCUT2D eigenvalue weighted by molar-refractivity contribution is 5.86. The van der Waals surface area contributed by atoms with Gasteiger partial charge in [-0.1, -0.05) is 0 Å². The molecule has 0 aromatic carbocycles. The van der Waals surface area contributed by atoms with Gasteiger partial charge < -0.3 is 25.3 Å². The summed E-state index contributed by atoms with van der Waals surface area (Å²) in [6.07, 6.45) is -1.22. The van der Waals surface area contributed by atoms with Crippen molar-refractivity contribution in [1.29, 1.82) is 0 Å². The SMILES string of the molecule is [3H]c1cn([C@@H]2O[C@H](CO)[C@@H](O)[C@@]2(C)F)c2ncnc(N)c12. The molecule has 2 aromatic rings. The minimum atomic E-state index is -2.15. The fourth-order valence-electron chi connectivity index (χ4n) is 2.46. The van der Waals surface area contributed by atoms with E-state index in [-0.39, 0.29) is 17.5 Å². The number of alkyl halides is 1. The van der Waals surface area contributed by atoms with Gasteiger partial charge in [-0.3, -0.25) is 0 Å². The monoisotopic (exact) mass is 284 g/mol. The van der Waals surface area contributed by atoms with E-state index in [1.54, 1.807) is 0 Å². The average molecular weight is 284 g/mol. The molecule has 0 unspecified atom stereocenters. The summed E-state index contributed by atoms with van der Waals surface area (Å²) < 4.78 is 29.4. The number of rotatable bonds is 2. The smallest absolute Gasteiger partial charge is 0.181 e. The number of aliphatic hydroxyl groups is 2. The number of nitrogen functional groups attached to an aromatic ring is 1. The van der Waals surface area contributed by atoms with Gasteiger partial charge in [-0.15, -0.1) is 0 Å². The van der Waals surface area contributed by atoms with Gasteiger partial charge in [0, 0.05) is 6.20 Å². The number of aliphatic hydroxyl groups excluding tert-OH is 2. The number of hydrogen-bond donors (Lipinski definition) is 3. The van der Waals surface area contributed by atoms with E-state index in [0.29, 0.717) is 5.39 Å². The molecule has 4 N–H and O–H groups in total. The lowest BCUT2D eigenvalue weighted by atomic mass is 9.98. The van der Waals surface area contributed by atoms with E-state index in [2.05, 4.69) is 9.97 Å². The summed E-state index contributed by atoms with van der Waals surface area (Å²) in [5.74, 6) is 0.113. The van der Waals surface area contributed by atoms with Crippen molar-refractivity contribution in [3.8, 4) is 0 Å². The Kier molecular flexibility index (Phi) is 2.62. The average Bonchev–Trinajstić information content (AvgIpc) is 2.87. The van der Waals surface area contributed by atoms with Crippen LogP contribution < -0.4 is 5.73 Å². The van der Waals surface area contributed by atoms with Gasteiger partial charge in [0.2, 0.25) is 0 Å². The van der Waals surface area contributed by atoms with Gasteiger partial charge in [-0.25, -0.2) is 14.4 Å². The van der Waals surface area contributed by atoms with Crippen LogP contribution >= 0.6 is 0 Å².